The van der Waals surface area contributed by atoms with Gasteiger partial charge in [-0.1, -0.05) is 76.6 Å². The lowest BCUT2D eigenvalue weighted by molar-refractivity contribution is -0.172. The number of carbonyl (C=O) groups excluding carboxylic acids is 5. The van der Waals surface area contributed by atoms with E-state index in [1.54, 1.807) is 19.4 Å². The maximum atomic E-state index is 12.9. The zero-order valence-electron chi connectivity index (χ0n) is 37.0. The molecule has 3 aliphatic carbocycles. The molecular weight excluding hydrogens is 812 g/mol. The fraction of sp³-hybridized carbons (Fsp3) is 0.696. The average molecular weight is 877 g/mol. The lowest BCUT2D eigenvalue weighted by Crippen LogP contribution is -2.45. The third-order valence-corrected chi connectivity index (χ3v) is 13.9. The topological polar surface area (TPSA) is 187 Å². The predicted molar refractivity (Wildman–Crippen MR) is 224 cm³/mol. The van der Waals surface area contributed by atoms with E-state index in [1.807, 2.05) is 0 Å². The molecule has 0 aromatic heterocycles. The summed E-state index contributed by atoms with van der Waals surface area (Å²) in [7, 11) is 0. The van der Waals surface area contributed by atoms with Gasteiger partial charge < -0.3 is 38.3 Å². The minimum Gasteiger partial charge on any atom is -0.481 e. The molecule has 15 heteroatoms. The van der Waals surface area contributed by atoms with Crippen LogP contribution in [0.4, 0.5) is 14.4 Å². The monoisotopic (exact) mass is 876 g/mol. The van der Waals surface area contributed by atoms with Gasteiger partial charge in [0.2, 0.25) is 5.24 Å². The number of carbonyl (C=O) groups is 6. The van der Waals surface area contributed by atoms with Gasteiger partial charge in [-0.15, -0.1) is 0 Å². The van der Waals surface area contributed by atoms with Gasteiger partial charge in [0.05, 0.1) is 0 Å². The zero-order chi connectivity index (χ0) is 45.3. The Balaban J connectivity index is 0.000000301. The van der Waals surface area contributed by atoms with E-state index in [0.717, 1.165) is 24.3 Å². The van der Waals surface area contributed by atoms with Crippen molar-refractivity contribution >= 4 is 47.2 Å². The molecular formula is C46H65ClO14. The molecule has 3 aliphatic heterocycles. The van der Waals surface area contributed by atoms with Crippen molar-refractivity contribution in [2.24, 2.45) is 51.2 Å². The van der Waals surface area contributed by atoms with E-state index in [1.165, 1.54) is 44.6 Å². The highest BCUT2D eigenvalue weighted by molar-refractivity contribution is 6.64. The molecule has 0 aromatic rings. The van der Waals surface area contributed by atoms with Crippen LogP contribution in [0.3, 0.4) is 0 Å². The summed E-state index contributed by atoms with van der Waals surface area (Å²) in [6.45, 7) is 20.7. The molecule has 0 bridgehead atoms. The molecule has 0 amide bonds. The van der Waals surface area contributed by atoms with Crippen LogP contribution >= 0.6 is 11.6 Å². The Morgan fingerprint density at radius 1 is 0.754 bits per heavy atom. The molecule has 340 valence electrons. The summed E-state index contributed by atoms with van der Waals surface area (Å²) in [5.41, 5.74) is 1.34. The maximum absolute atomic E-state index is 12.9. The number of allylic oxidation sites excluding steroid dienone is 6. The summed E-state index contributed by atoms with van der Waals surface area (Å²) in [5.74, 6) is 1.89. The number of rotatable bonds is 9. The molecule has 6 rings (SSSR count). The van der Waals surface area contributed by atoms with Gasteiger partial charge in [-0.3, -0.25) is 14.4 Å². The average Bonchev–Trinajstić information content (AvgIpc) is 3.58. The van der Waals surface area contributed by atoms with Crippen molar-refractivity contribution in [1.82, 2.24) is 0 Å². The second-order valence-corrected chi connectivity index (χ2v) is 19.3. The van der Waals surface area contributed by atoms with Crippen molar-refractivity contribution in [3.05, 3.63) is 47.6 Å². The second kappa shape index (κ2) is 20.7. The zero-order valence-corrected chi connectivity index (χ0v) is 37.8. The van der Waals surface area contributed by atoms with Crippen LogP contribution in [0.2, 0.25) is 0 Å². The summed E-state index contributed by atoms with van der Waals surface area (Å²) in [4.78, 5) is 66.1. The highest BCUT2D eigenvalue weighted by Gasteiger charge is 2.50. The van der Waals surface area contributed by atoms with E-state index in [4.69, 9.17) is 30.9 Å². The highest BCUT2D eigenvalue weighted by atomic mass is 35.5. The second-order valence-electron chi connectivity index (χ2n) is 19.0. The molecule has 6 aliphatic rings. The van der Waals surface area contributed by atoms with Gasteiger partial charge in [-0.25, -0.2) is 14.4 Å². The number of cyclic esters (lactones) is 6. The minimum absolute atomic E-state index is 0.00579. The molecule has 1 N–H and O–H groups in total. The summed E-state index contributed by atoms with van der Waals surface area (Å²) < 4.78 is 33.6. The van der Waals surface area contributed by atoms with E-state index in [0.29, 0.717) is 35.5 Å². The van der Waals surface area contributed by atoms with Crippen LogP contribution in [0.15, 0.2) is 47.6 Å². The molecule has 61 heavy (non-hydrogen) atoms. The minimum atomic E-state index is -1.09. The molecule has 6 atom stereocenters. The normalized spacial score (nSPS) is 30.0. The van der Waals surface area contributed by atoms with Crippen molar-refractivity contribution in [3.8, 4) is 0 Å². The van der Waals surface area contributed by atoms with E-state index >= 15 is 0 Å². The largest absolute Gasteiger partial charge is 0.508 e. The van der Waals surface area contributed by atoms with Crippen molar-refractivity contribution in [3.63, 3.8) is 0 Å². The number of ether oxygens (including phenoxy) is 7. The Hall–Kier alpha value is -4.33. The Kier molecular flexibility index (Phi) is 16.7. The Bertz CT molecular complexity index is 1690. The fourth-order valence-corrected chi connectivity index (χ4v) is 8.65. The van der Waals surface area contributed by atoms with Crippen LogP contribution < -0.4 is 0 Å². The van der Waals surface area contributed by atoms with Gasteiger partial charge in [-0.2, -0.15) is 0 Å². The molecule has 0 unspecified atom stereocenters. The van der Waals surface area contributed by atoms with Crippen LogP contribution in [0.1, 0.15) is 107 Å². The SMILES string of the molecule is C=C1CC[C@H](OC(=O)C2(C)COC(=O)OC2)C/C1=C/C=C1\CCC[C@]2(C)[C@@H]([C@H](C)/C=C/[C@H](C)C(C)C)CC[C@@H]12.CC1(C(=O)Cl)COC(=O)OC1.CC1(C(=O)O)COC(=O)OC1. The van der Waals surface area contributed by atoms with Crippen molar-refractivity contribution in [1.29, 1.82) is 0 Å². The number of carboxylic acids is 1. The van der Waals surface area contributed by atoms with Crippen LogP contribution in [-0.2, 0) is 47.5 Å². The number of halogens is 1. The predicted octanol–water partition coefficient (Wildman–Crippen LogP) is 9.53. The first kappa shape index (κ1) is 49.3. The van der Waals surface area contributed by atoms with E-state index in [2.05, 4.69) is 84.4 Å². The first-order valence-corrected chi connectivity index (χ1v) is 21.7. The Morgan fingerprint density at radius 2 is 1.28 bits per heavy atom. The summed E-state index contributed by atoms with van der Waals surface area (Å²) in [5, 5.41) is 8.06. The van der Waals surface area contributed by atoms with Gasteiger partial charge in [-0.05, 0) is 118 Å². The van der Waals surface area contributed by atoms with Gasteiger partial charge in [0.1, 0.15) is 62.0 Å². The van der Waals surface area contributed by atoms with Gasteiger partial charge in [0.15, 0.2) is 0 Å². The summed E-state index contributed by atoms with van der Waals surface area (Å²) >= 11 is 5.24. The molecule has 3 saturated carbocycles. The number of carboxylic acid groups (broad SMARTS) is 1. The van der Waals surface area contributed by atoms with Crippen LogP contribution in [0.25, 0.3) is 0 Å². The smallest absolute Gasteiger partial charge is 0.481 e. The Morgan fingerprint density at radius 3 is 1.79 bits per heavy atom. The van der Waals surface area contributed by atoms with Crippen molar-refractivity contribution in [2.75, 3.05) is 39.6 Å². The Labute approximate surface area is 364 Å². The molecule has 6 fully saturated rings. The molecule has 0 aromatic carbocycles. The highest BCUT2D eigenvalue weighted by Crippen LogP contribution is 2.59. The molecule has 14 nitrogen and oxygen atoms in total. The van der Waals surface area contributed by atoms with Crippen molar-refractivity contribution < 1.29 is 67.0 Å². The number of esters is 1. The first-order chi connectivity index (χ1) is 28.5. The third kappa shape index (κ3) is 12.6. The summed E-state index contributed by atoms with van der Waals surface area (Å²) in [6, 6.07) is 0. The van der Waals surface area contributed by atoms with Gasteiger partial charge >= 0.3 is 30.4 Å². The lowest BCUT2D eigenvalue weighted by Gasteiger charge is -2.44. The number of fused-ring (bicyclic) bond motifs is 1. The molecule has 3 heterocycles. The quantitative estimate of drug-likeness (QED) is 0.0998. The maximum Gasteiger partial charge on any atom is 0.508 e. The lowest BCUT2D eigenvalue weighted by atomic mass is 9.61. The number of aliphatic carboxylic acids is 1. The van der Waals surface area contributed by atoms with Crippen LogP contribution in [0.5, 0.6) is 0 Å². The van der Waals surface area contributed by atoms with E-state index in [-0.39, 0.29) is 51.7 Å². The first-order valence-electron chi connectivity index (χ1n) is 21.3. The standard InChI is InChI=1S/C34H50O5.C6H7ClO4.C6H8O5/c1-22(2)23(3)10-11-25(5)29-16-17-30-26(9-8-18-34(29,30)7)13-14-27-19-28(15-12-24(27)4)39-31(35)33(6)20-37-32(36)38-21-33;2*1-6(4(7)8)2-10-5(9)11-3-6/h10-11,13-14,22-23,25,28-30H,4,8-9,12,15-21H2,1-3,5-7H3;2-3H2,1H3;2-3H2,1H3,(H,7,8)/b11-10+,26-13+,27-14-;;/t23-,25+,28-,29+,30-,34+;;/m0../s1. The summed E-state index contributed by atoms with van der Waals surface area (Å²) in [6.07, 6.45) is 15.7. The number of hydrogen-bond donors (Lipinski definition) is 1. The number of hydrogen-bond acceptors (Lipinski definition) is 13. The fourth-order valence-electron chi connectivity index (χ4n) is 8.54. The van der Waals surface area contributed by atoms with E-state index in [9.17, 15) is 28.8 Å². The van der Waals surface area contributed by atoms with Gasteiger partial charge in [0, 0.05) is 6.42 Å². The van der Waals surface area contributed by atoms with Gasteiger partial charge in [0.25, 0.3) is 0 Å². The molecule has 3 saturated heterocycles. The van der Waals surface area contributed by atoms with E-state index < -0.39 is 45.9 Å². The molecule has 0 radical (unpaired) electrons. The van der Waals surface area contributed by atoms with Crippen LogP contribution in [0, 0.1) is 51.2 Å². The van der Waals surface area contributed by atoms with Crippen LogP contribution in [-0.4, -0.2) is 86.5 Å². The molecule has 0 spiro atoms. The van der Waals surface area contributed by atoms with Crippen molar-refractivity contribution in [2.45, 2.75) is 113 Å². The third-order valence-electron chi connectivity index (χ3n) is 13.4.